The third-order valence-corrected chi connectivity index (χ3v) is 5.10. The van der Waals surface area contributed by atoms with Crippen LogP contribution in [0.2, 0.25) is 5.02 Å². The lowest BCUT2D eigenvalue weighted by atomic mass is 9.80. The van der Waals surface area contributed by atoms with E-state index in [0.717, 1.165) is 16.7 Å². The van der Waals surface area contributed by atoms with Gasteiger partial charge in [0.15, 0.2) is 11.4 Å². The van der Waals surface area contributed by atoms with E-state index >= 15 is 0 Å². The van der Waals surface area contributed by atoms with Crippen molar-refractivity contribution in [1.82, 2.24) is 5.06 Å². The third kappa shape index (κ3) is 2.67. The Morgan fingerprint density at radius 1 is 1.22 bits per heavy atom. The Balaban J connectivity index is 1.94. The van der Waals surface area contributed by atoms with Crippen molar-refractivity contribution >= 4 is 23.4 Å². The molecule has 1 aromatic carbocycles. The quantitative estimate of drug-likeness (QED) is 0.613. The summed E-state index contributed by atoms with van der Waals surface area (Å²) < 4.78 is 5.60. The van der Waals surface area contributed by atoms with Crippen LogP contribution in [-0.4, -0.2) is 42.6 Å². The van der Waals surface area contributed by atoms with E-state index in [2.05, 4.69) is 0 Å². The van der Waals surface area contributed by atoms with Crippen LogP contribution in [0.25, 0.3) is 0 Å². The number of rotatable bonds is 2. The summed E-state index contributed by atoms with van der Waals surface area (Å²) in [6.07, 6.45) is 0.932. The van der Waals surface area contributed by atoms with E-state index in [1.54, 1.807) is 24.3 Å². The molecular weight excluding hydrogens is 318 g/mol. The molecule has 2 aliphatic rings. The number of nitrogens with zero attached hydrogens (tertiary/aromatic N) is 1. The first-order valence-electron chi connectivity index (χ1n) is 7.71. The highest BCUT2D eigenvalue weighted by atomic mass is 35.5. The van der Waals surface area contributed by atoms with Crippen molar-refractivity contribution in [2.75, 3.05) is 20.2 Å². The normalized spacial score (nSPS) is 24.3. The van der Waals surface area contributed by atoms with Crippen LogP contribution < -0.4 is 0 Å². The Morgan fingerprint density at radius 2 is 1.78 bits per heavy atom. The highest BCUT2D eigenvalue weighted by molar-refractivity contribution is 6.30. The molecule has 0 aromatic heterocycles. The van der Waals surface area contributed by atoms with Crippen LogP contribution in [-0.2, 0) is 19.2 Å². The smallest absolute Gasteiger partial charge is 0.322 e. The number of aryl methyl sites for hydroxylation is 2. The van der Waals surface area contributed by atoms with Crippen LogP contribution in [0.5, 0.6) is 0 Å². The molecule has 2 saturated heterocycles. The molecule has 0 aliphatic carbocycles. The van der Waals surface area contributed by atoms with Crippen molar-refractivity contribution in [3.63, 3.8) is 0 Å². The molecule has 124 valence electrons. The van der Waals surface area contributed by atoms with Crippen molar-refractivity contribution < 1.29 is 19.2 Å². The van der Waals surface area contributed by atoms with Crippen LogP contribution >= 0.6 is 11.6 Å². The number of ketones is 1. The van der Waals surface area contributed by atoms with Crippen molar-refractivity contribution in [1.29, 1.82) is 0 Å². The van der Waals surface area contributed by atoms with Gasteiger partial charge in [-0.25, -0.2) is 0 Å². The average Bonchev–Trinajstić information content (AvgIpc) is 2.72. The summed E-state index contributed by atoms with van der Waals surface area (Å²) in [6.45, 7) is 4.88. The monoisotopic (exact) mass is 337 g/mol. The van der Waals surface area contributed by atoms with Crippen LogP contribution in [0.4, 0.5) is 0 Å². The molecule has 1 aromatic rings. The molecule has 1 atom stereocenters. The standard InChI is InChI=1S/C17H20ClNO4/c1-10-8-12(18)9-11(2)13(10)14-15(20)17(23-16(14)21)4-6-19(22-3)7-5-17/h8-9,14H,4-7H2,1-3H3. The van der Waals surface area contributed by atoms with E-state index in [0.29, 0.717) is 31.0 Å². The lowest BCUT2D eigenvalue weighted by molar-refractivity contribution is -0.184. The predicted octanol–water partition coefficient (Wildman–Crippen LogP) is 2.56. The van der Waals surface area contributed by atoms with E-state index in [1.165, 1.54) is 0 Å². The fourth-order valence-corrected chi connectivity index (χ4v) is 4.00. The fourth-order valence-electron chi connectivity index (χ4n) is 3.68. The highest BCUT2D eigenvalue weighted by Gasteiger charge is 2.57. The number of carbonyl (C=O) groups excluding carboxylic acids is 2. The SMILES string of the molecule is CON1CCC2(CC1)OC(=O)C(c1c(C)cc(Cl)cc1C)C2=O. The van der Waals surface area contributed by atoms with E-state index in [9.17, 15) is 9.59 Å². The minimum absolute atomic E-state index is 0.133. The number of carbonyl (C=O) groups is 2. The zero-order valence-electron chi connectivity index (χ0n) is 13.5. The minimum Gasteiger partial charge on any atom is -0.450 e. The van der Waals surface area contributed by atoms with Gasteiger partial charge in [-0.15, -0.1) is 0 Å². The molecule has 2 heterocycles. The molecular formula is C17H20ClNO4. The Kier molecular flexibility index (Phi) is 4.21. The van der Waals surface area contributed by atoms with Gasteiger partial charge in [-0.05, 0) is 42.7 Å². The van der Waals surface area contributed by atoms with Crippen LogP contribution in [0.1, 0.15) is 35.4 Å². The number of ether oxygens (including phenoxy) is 1. The first-order chi connectivity index (χ1) is 10.9. The molecule has 6 heteroatoms. The number of hydroxylamine groups is 2. The van der Waals surface area contributed by atoms with Gasteiger partial charge in [-0.1, -0.05) is 11.6 Å². The molecule has 23 heavy (non-hydrogen) atoms. The second-order valence-corrected chi connectivity index (χ2v) is 6.71. The van der Waals surface area contributed by atoms with Crippen molar-refractivity contribution in [2.24, 2.45) is 0 Å². The molecule has 1 spiro atoms. The number of Topliss-reactive ketones (excluding diaryl/α,β-unsaturated/α-hetero) is 1. The van der Waals surface area contributed by atoms with Gasteiger partial charge in [0.2, 0.25) is 0 Å². The summed E-state index contributed by atoms with van der Waals surface area (Å²) in [5.41, 5.74) is 1.42. The van der Waals surface area contributed by atoms with E-state index in [1.807, 2.05) is 13.8 Å². The van der Waals surface area contributed by atoms with Gasteiger partial charge in [0.05, 0.1) is 7.11 Å². The Morgan fingerprint density at radius 3 is 2.30 bits per heavy atom. The third-order valence-electron chi connectivity index (χ3n) is 4.88. The van der Waals surface area contributed by atoms with Crippen LogP contribution in [0.15, 0.2) is 12.1 Å². The molecule has 0 saturated carbocycles. The van der Waals surface area contributed by atoms with Crippen molar-refractivity contribution in [3.05, 3.63) is 33.8 Å². The summed E-state index contributed by atoms with van der Waals surface area (Å²) in [7, 11) is 1.60. The lowest BCUT2D eigenvalue weighted by Gasteiger charge is -2.35. The maximum absolute atomic E-state index is 13.0. The number of hydrogen-bond donors (Lipinski definition) is 0. The van der Waals surface area contributed by atoms with Gasteiger partial charge in [-0.2, -0.15) is 5.06 Å². The summed E-state index contributed by atoms with van der Waals surface area (Å²) in [4.78, 5) is 30.7. The van der Waals surface area contributed by atoms with Gasteiger partial charge < -0.3 is 9.57 Å². The highest BCUT2D eigenvalue weighted by Crippen LogP contribution is 2.42. The van der Waals surface area contributed by atoms with Crippen molar-refractivity contribution in [3.8, 4) is 0 Å². The Bertz CT molecular complexity index is 642. The van der Waals surface area contributed by atoms with Gasteiger partial charge in [0.1, 0.15) is 5.92 Å². The molecule has 0 amide bonds. The molecule has 0 radical (unpaired) electrons. The lowest BCUT2D eigenvalue weighted by Crippen LogP contribution is -2.48. The molecule has 5 nitrogen and oxygen atoms in total. The number of halogens is 1. The number of benzene rings is 1. The van der Waals surface area contributed by atoms with Gasteiger partial charge in [0.25, 0.3) is 0 Å². The largest absolute Gasteiger partial charge is 0.450 e. The molecule has 3 rings (SSSR count). The van der Waals surface area contributed by atoms with Crippen LogP contribution in [0.3, 0.4) is 0 Å². The topological polar surface area (TPSA) is 55.8 Å². The summed E-state index contributed by atoms with van der Waals surface area (Å²) in [5.74, 6) is -1.43. The molecule has 0 N–H and O–H groups in total. The number of hydrogen-bond acceptors (Lipinski definition) is 5. The van der Waals surface area contributed by atoms with Crippen LogP contribution in [0, 0.1) is 13.8 Å². The minimum atomic E-state index is -1.00. The predicted molar refractivity (Wildman–Crippen MR) is 85.3 cm³/mol. The van der Waals surface area contributed by atoms with Gasteiger partial charge >= 0.3 is 5.97 Å². The van der Waals surface area contributed by atoms with Gasteiger partial charge in [-0.3, -0.25) is 9.59 Å². The van der Waals surface area contributed by atoms with E-state index in [-0.39, 0.29) is 5.78 Å². The van der Waals surface area contributed by atoms with E-state index < -0.39 is 17.5 Å². The summed E-state index contributed by atoms with van der Waals surface area (Å²) in [5, 5.41) is 2.38. The van der Waals surface area contributed by atoms with E-state index in [4.69, 9.17) is 21.2 Å². The first-order valence-corrected chi connectivity index (χ1v) is 8.08. The summed E-state index contributed by atoms with van der Waals surface area (Å²) >= 11 is 6.06. The Hall–Kier alpha value is -1.43. The first kappa shape index (κ1) is 16.4. The molecule has 1 unspecified atom stereocenters. The summed E-state index contributed by atoms with van der Waals surface area (Å²) in [6, 6.07) is 3.56. The van der Waals surface area contributed by atoms with Crippen molar-refractivity contribution in [2.45, 2.75) is 38.2 Å². The second-order valence-electron chi connectivity index (χ2n) is 6.28. The number of piperidine rings is 1. The molecule has 0 bridgehead atoms. The average molecular weight is 338 g/mol. The van der Waals surface area contributed by atoms with Gasteiger partial charge in [0, 0.05) is 31.0 Å². The maximum atomic E-state index is 13.0. The maximum Gasteiger partial charge on any atom is 0.322 e. The number of esters is 1. The molecule has 2 aliphatic heterocycles. The second kappa shape index (κ2) is 5.89. The Labute approximate surface area is 140 Å². The zero-order valence-corrected chi connectivity index (χ0v) is 14.3. The fraction of sp³-hybridized carbons (Fsp3) is 0.529. The molecule has 2 fully saturated rings. The zero-order chi connectivity index (χ0) is 16.8.